The molecule has 0 aromatic rings. The van der Waals surface area contributed by atoms with Crippen molar-refractivity contribution in [2.45, 2.75) is 234 Å². The zero-order valence-corrected chi connectivity index (χ0v) is 34.6. The maximum Gasteiger partial charge on any atom is 0.216 e. The topological polar surface area (TPSA) is 14.1 Å². The summed E-state index contributed by atoms with van der Waals surface area (Å²) in [5.41, 5.74) is 0. The van der Waals surface area contributed by atoms with Crippen molar-refractivity contribution in [2.75, 3.05) is 37.0 Å². The quantitative estimate of drug-likeness (QED) is 0.0358. The van der Waals surface area contributed by atoms with Gasteiger partial charge in [0.2, 0.25) is 14.1 Å². The van der Waals surface area contributed by atoms with E-state index in [0.717, 1.165) is 0 Å². The van der Waals surface area contributed by atoms with Crippen molar-refractivity contribution in [3.63, 3.8) is 0 Å². The first kappa shape index (κ1) is 45.6. The van der Waals surface area contributed by atoms with Crippen molar-refractivity contribution in [1.29, 1.82) is 0 Å². The second-order valence-corrected chi connectivity index (χ2v) is 22.9. The molecule has 0 aliphatic heterocycles. The summed E-state index contributed by atoms with van der Waals surface area (Å²) < 4.78 is 6.67. The molecule has 0 atom stereocenters. The molecule has 0 aliphatic carbocycles. The summed E-state index contributed by atoms with van der Waals surface area (Å²) in [5.74, 6) is 0. The Morgan fingerprint density at radius 1 is 0.222 bits per heavy atom. The van der Waals surface area contributed by atoms with E-state index in [0.29, 0.717) is 0 Å². The minimum absolute atomic E-state index is 1.27. The molecule has 0 heterocycles. The number of unbranched alkanes of at least 4 members (excludes halogenated alkanes) is 24. The van der Waals surface area contributed by atoms with E-state index in [9.17, 15) is 0 Å². The molecule has 0 bridgehead atoms. The van der Waals surface area contributed by atoms with Crippen LogP contribution in [0.25, 0.3) is 0 Å². The van der Waals surface area contributed by atoms with E-state index in [1.54, 1.807) is 0 Å². The summed E-state index contributed by atoms with van der Waals surface area (Å²) in [7, 11) is -2.55. The lowest BCUT2D eigenvalue weighted by Gasteiger charge is -2.20. The molecule has 0 saturated heterocycles. The molecule has 0 saturated carbocycles. The van der Waals surface area contributed by atoms with Gasteiger partial charge >= 0.3 is 0 Å². The SMILES string of the molecule is CCCCCCCP(CCCCCCC)(CCCCCCC)=[N+]=P(CCCCCCC)(CCCCCCC)CCCCCCC. The van der Waals surface area contributed by atoms with Crippen LogP contribution in [-0.4, -0.2) is 37.0 Å². The van der Waals surface area contributed by atoms with Crippen molar-refractivity contribution in [3.8, 4) is 0 Å². The van der Waals surface area contributed by atoms with Gasteiger partial charge in [-0.2, -0.15) is 4.17 Å². The maximum atomic E-state index is 6.67. The van der Waals surface area contributed by atoms with Crippen molar-refractivity contribution in [3.05, 3.63) is 0 Å². The van der Waals surface area contributed by atoms with Crippen molar-refractivity contribution >= 4 is 14.1 Å². The lowest BCUT2D eigenvalue weighted by atomic mass is 10.2. The summed E-state index contributed by atoms with van der Waals surface area (Å²) in [5, 5.41) is 0. The molecule has 0 aliphatic rings. The van der Waals surface area contributed by atoms with Gasteiger partial charge in [0.25, 0.3) is 0 Å². The summed E-state index contributed by atoms with van der Waals surface area (Å²) in [4.78, 5) is 0. The van der Waals surface area contributed by atoms with E-state index >= 15 is 0 Å². The van der Waals surface area contributed by atoms with E-state index < -0.39 is 14.1 Å². The number of hydrogen-bond acceptors (Lipinski definition) is 0. The molecule has 272 valence electrons. The van der Waals surface area contributed by atoms with E-state index in [2.05, 4.69) is 41.5 Å². The van der Waals surface area contributed by atoms with Crippen LogP contribution < -0.4 is 4.17 Å². The standard InChI is InChI=1S/C42H90NP2/c1-7-13-19-25-31-37-44(38-32-26-20-14-8-2,39-33-27-21-15-9-3)43-45(40-34-28-22-16-10-4,41-35-29-23-17-11-5)42-36-30-24-18-12-6/h7-42H2,1-6H3/q+1. The molecule has 0 N–H and O–H groups in total. The van der Waals surface area contributed by atoms with Gasteiger partial charge in [0, 0.05) is 37.0 Å². The minimum atomic E-state index is -1.27. The Hall–Kier alpha value is 0.570. The predicted octanol–water partition coefficient (Wildman–Crippen LogP) is 16.3. The Kier molecular flexibility index (Phi) is 34.9. The Labute approximate surface area is 288 Å². The number of hydrogen-bond donors (Lipinski definition) is 0. The highest BCUT2D eigenvalue weighted by atomic mass is 31.2. The van der Waals surface area contributed by atoms with Crippen LogP contribution in [-0.2, 0) is 0 Å². The zero-order valence-electron chi connectivity index (χ0n) is 32.8. The van der Waals surface area contributed by atoms with Gasteiger partial charge in [0.05, 0.1) is 0 Å². The first-order valence-electron chi connectivity index (χ1n) is 21.5. The van der Waals surface area contributed by atoms with Gasteiger partial charge in [-0.05, 0) is 38.5 Å². The van der Waals surface area contributed by atoms with Gasteiger partial charge < -0.3 is 0 Å². The molecule has 0 radical (unpaired) electrons. The van der Waals surface area contributed by atoms with Crippen LogP contribution in [0.3, 0.4) is 0 Å². The van der Waals surface area contributed by atoms with Crippen LogP contribution in [0, 0.1) is 0 Å². The van der Waals surface area contributed by atoms with Gasteiger partial charge in [-0.15, -0.1) is 0 Å². The minimum Gasteiger partial charge on any atom is -0.176 e. The second kappa shape index (κ2) is 34.4. The third-order valence-electron chi connectivity index (χ3n) is 10.4. The molecule has 3 heteroatoms. The Morgan fingerprint density at radius 2 is 0.378 bits per heavy atom. The molecule has 0 aromatic heterocycles. The average molecular weight is 671 g/mol. The summed E-state index contributed by atoms with van der Waals surface area (Å²) in [6, 6.07) is 0. The lowest BCUT2D eigenvalue weighted by molar-refractivity contribution is 0.643. The van der Waals surface area contributed by atoms with Crippen molar-refractivity contribution in [1.82, 2.24) is 4.17 Å². The Balaban J connectivity index is 6.76. The van der Waals surface area contributed by atoms with E-state index in [1.165, 1.54) is 230 Å². The summed E-state index contributed by atoms with van der Waals surface area (Å²) in [6.07, 6.45) is 52.2. The van der Waals surface area contributed by atoms with Crippen LogP contribution in [0.1, 0.15) is 234 Å². The van der Waals surface area contributed by atoms with Crippen molar-refractivity contribution in [2.24, 2.45) is 0 Å². The second-order valence-electron chi connectivity index (χ2n) is 15.1. The first-order chi connectivity index (χ1) is 22.1. The fourth-order valence-corrected chi connectivity index (χ4v) is 19.0. The fourth-order valence-electron chi connectivity index (χ4n) is 7.40. The highest BCUT2D eigenvalue weighted by Crippen LogP contribution is 2.56. The zero-order chi connectivity index (χ0) is 33.2. The van der Waals surface area contributed by atoms with Crippen molar-refractivity contribution < 1.29 is 0 Å². The average Bonchev–Trinajstić information content (AvgIpc) is 3.04. The molecule has 0 unspecified atom stereocenters. The lowest BCUT2D eigenvalue weighted by Crippen LogP contribution is -2.10. The third kappa shape index (κ3) is 27.1. The normalized spacial score (nSPS) is 12.2. The number of nitrogens with zero attached hydrogens (tertiary/aromatic N) is 1. The highest BCUT2D eigenvalue weighted by molar-refractivity contribution is 7.73. The van der Waals surface area contributed by atoms with Crippen LogP contribution >= 0.6 is 14.1 Å². The van der Waals surface area contributed by atoms with Crippen LogP contribution in [0.2, 0.25) is 0 Å². The Bertz CT molecular complexity index is 566. The predicted molar refractivity (Wildman–Crippen MR) is 218 cm³/mol. The molecular formula is C42H90NP2+. The van der Waals surface area contributed by atoms with E-state index in [1.807, 2.05) is 0 Å². The molecule has 0 fully saturated rings. The largest absolute Gasteiger partial charge is 0.216 e. The monoisotopic (exact) mass is 671 g/mol. The molecule has 0 amide bonds. The summed E-state index contributed by atoms with van der Waals surface area (Å²) >= 11 is 0. The van der Waals surface area contributed by atoms with Gasteiger partial charge in [-0.3, -0.25) is 0 Å². The van der Waals surface area contributed by atoms with Gasteiger partial charge in [-0.25, -0.2) is 0 Å². The molecule has 0 spiro atoms. The molecule has 1 nitrogen and oxygen atoms in total. The Morgan fingerprint density at radius 3 is 0.533 bits per heavy atom. The summed E-state index contributed by atoms with van der Waals surface area (Å²) in [6.45, 7) is 14.2. The van der Waals surface area contributed by atoms with E-state index in [-0.39, 0.29) is 0 Å². The highest BCUT2D eigenvalue weighted by Gasteiger charge is 2.35. The first-order valence-corrected chi connectivity index (χ1v) is 26.1. The number of rotatable bonds is 36. The third-order valence-corrected chi connectivity index (χ3v) is 20.4. The fraction of sp³-hybridized carbons (Fsp3) is 1.00. The molecule has 45 heavy (non-hydrogen) atoms. The van der Waals surface area contributed by atoms with Crippen LogP contribution in [0.5, 0.6) is 0 Å². The molecule has 0 aromatic carbocycles. The van der Waals surface area contributed by atoms with Gasteiger partial charge in [0.1, 0.15) is 0 Å². The molecular weight excluding hydrogens is 580 g/mol. The smallest absolute Gasteiger partial charge is 0.176 e. The van der Waals surface area contributed by atoms with Gasteiger partial charge in [-0.1, -0.05) is 196 Å². The van der Waals surface area contributed by atoms with Gasteiger partial charge in [0.15, 0.2) is 0 Å². The van der Waals surface area contributed by atoms with E-state index in [4.69, 9.17) is 4.17 Å². The van der Waals surface area contributed by atoms with Crippen LogP contribution in [0.4, 0.5) is 0 Å². The molecule has 0 rings (SSSR count). The van der Waals surface area contributed by atoms with Crippen LogP contribution in [0.15, 0.2) is 0 Å². The maximum absolute atomic E-state index is 6.67.